The third-order valence-corrected chi connectivity index (χ3v) is 7.07. The van der Waals surface area contributed by atoms with Gasteiger partial charge in [-0.1, -0.05) is 45.9 Å². The Balaban J connectivity index is 2.94. The van der Waals surface area contributed by atoms with Crippen molar-refractivity contribution in [2.24, 2.45) is 0 Å². The van der Waals surface area contributed by atoms with Crippen LogP contribution in [0, 0.1) is 0 Å². The lowest BCUT2D eigenvalue weighted by Gasteiger charge is -2.27. The van der Waals surface area contributed by atoms with E-state index in [2.05, 4.69) is 0 Å². The molecule has 0 aromatic heterocycles. The van der Waals surface area contributed by atoms with Crippen molar-refractivity contribution in [1.29, 1.82) is 0 Å². The predicted molar refractivity (Wildman–Crippen MR) is 79.9 cm³/mol. The number of methoxy groups -OCH3 is 1. The van der Waals surface area contributed by atoms with Gasteiger partial charge in [0.1, 0.15) is 12.9 Å². The Hall–Kier alpha value is -1.01. The van der Waals surface area contributed by atoms with Crippen LogP contribution in [0.15, 0.2) is 30.1 Å². The zero-order valence-corrected chi connectivity index (χ0v) is 12.8. The molecule has 0 heterocycles. The average Bonchev–Trinajstić information content (AvgIpc) is 2.35. The van der Waals surface area contributed by atoms with E-state index in [1.54, 1.807) is 7.11 Å². The van der Waals surface area contributed by atoms with E-state index in [0.29, 0.717) is 6.16 Å². The summed E-state index contributed by atoms with van der Waals surface area (Å²) in [5.41, 5.74) is 1.05. The number of benzene rings is 1. The van der Waals surface area contributed by atoms with E-state index in [9.17, 15) is 4.57 Å². The SMILES string of the molecule is CC[P@@](=O)(/C=C/c1ccc(OC)cc1)C(C)(C)C. The van der Waals surface area contributed by atoms with Crippen molar-refractivity contribution in [3.63, 3.8) is 0 Å². The second-order valence-electron chi connectivity index (χ2n) is 5.37. The topological polar surface area (TPSA) is 26.3 Å². The van der Waals surface area contributed by atoms with Crippen molar-refractivity contribution in [1.82, 2.24) is 0 Å². The molecule has 0 unspecified atom stereocenters. The third kappa shape index (κ3) is 3.49. The molecule has 0 aliphatic rings. The highest BCUT2D eigenvalue weighted by molar-refractivity contribution is 7.68. The van der Waals surface area contributed by atoms with Crippen LogP contribution in [0.4, 0.5) is 0 Å². The fraction of sp³-hybridized carbons (Fsp3) is 0.467. The van der Waals surface area contributed by atoms with Crippen LogP contribution in [0.3, 0.4) is 0 Å². The summed E-state index contributed by atoms with van der Waals surface area (Å²) < 4.78 is 17.9. The first-order valence-corrected chi connectivity index (χ1v) is 8.20. The van der Waals surface area contributed by atoms with E-state index >= 15 is 0 Å². The van der Waals surface area contributed by atoms with Crippen molar-refractivity contribution in [3.05, 3.63) is 35.6 Å². The predicted octanol–water partition coefficient (Wildman–Crippen LogP) is 4.85. The Kier molecular flexibility index (Phi) is 4.81. The lowest BCUT2D eigenvalue weighted by molar-refractivity contribution is 0.415. The maximum absolute atomic E-state index is 12.8. The lowest BCUT2D eigenvalue weighted by Crippen LogP contribution is -2.14. The summed E-state index contributed by atoms with van der Waals surface area (Å²) in [7, 11) is -0.632. The zero-order chi connectivity index (χ0) is 13.8. The second kappa shape index (κ2) is 5.75. The van der Waals surface area contributed by atoms with Crippen LogP contribution < -0.4 is 4.74 Å². The first-order valence-electron chi connectivity index (χ1n) is 6.24. The molecule has 0 aliphatic heterocycles. The molecular formula is C15H23O2P. The van der Waals surface area contributed by atoms with Crippen LogP contribution >= 0.6 is 7.14 Å². The summed E-state index contributed by atoms with van der Waals surface area (Å²) in [5, 5.41) is -0.176. The summed E-state index contributed by atoms with van der Waals surface area (Å²) in [4.78, 5) is 0. The molecule has 0 saturated carbocycles. The maximum atomic E-state index is 12.8. The Bertz CT molecular complexity index is 452. The fourth-order valence-electron chi connectivity index (χ4n) is 1.72. The number of hydrogen-bond acceptors (Lipinski definition) is 2. The molecule has 1 rings (SSSR count). The van der Waals surface area contributed by atoms with Crippen LogP contribution in [0.1, 0.15) is 33.3 Å². The van der Waals surface area contributed by atoms with Gasteiger partial charge >= 0.3 is 0 Å². The van der Waals surface area contributed by atoms with E-state index < -0.39 is 7.14 Å². The van der Waals surface area contributed by atoms with E-state index in [4.69, 9.17) is 4.74 Å². The van der Waals surface area contributed by atoms with Gasteiger partial charge in [0.2, 0.25) is 0 Å². The van der Waals surface area contributed by atoms with Gasteiger partial charge in [0.05, 0.1) is 7.11 Å². The molecule has 0 bridgehead atoms. The molecule has 0 fully saturated rings. The van der Waals surface area contributed by atoms with Gasteiger partial charge in [-0.3, -0.25) is 0 Å². The minimum Gasteiger partial charge on any atom is -0.497 e. The average molecular weight is 266 g/mol. The van der Waals surface area contributed by atoms with Crippen LogP contribution in [-0.2, 0) is 4.57 Å². The summed E-state index contributed by atoms with van der Waals surface area (Å²) in [6, 6.07) is 7.76. The molecule has 100 valence electrons. The molecule has 0 spiro atoms. The minimum atomic E-state index is -2.28. The van der Waals surface area contributed by atoms with Crippen LogP contribution in [0.5, 0.6) is 5.75 Å². The largest absolute Gasteiger partial charge is 0.497 e. The number of rotatable bonds is 4. The minimum absolute atomic E-state index is 0.176. The van der Waals surface area contributed by atoms with Crippen LogP contribution in [-0.4, -0.2) is 18.4 Å². The van der Waals surface area contributed by atoms with Crippen molar-refractivity contribution in [2.75, 3.05) is 13.3 Å². The molecule has 3 heteroatoms. The second-order valence-corrected chi connectivity index (χ2v) is 9.23. The maximum Gasteiger partial charge on any atom is 0.118 e. The number of ether oxygens (including phenoxy) is 1. The van der Waals surface area contributed by atoms with Gasteiger partial charge in [0.15, 0.2) is 0 Å². The summed E-state index contributed by atoms with van der Waals surface area (Å²) >= 11 is 0. The lowest BCUT2D eigenvalue weighted by atomic mass is 10.2. The van der Waals surface area contributed by atoms with Crippen LogP contribution in [0.2, 0.25) is 0 Å². The summed E-state index contributed by atoms with van der Waals surface area (Å²) in [6.45, 7) is 8.10. The van der Waals surface area contributed by atoms with E-state index in [0.717, 1.165) is 11.3 Å². The van der Waals surface area contributed by atoms with Gasteiger partial charge in [-0.2, -0.15) is 0 Å². The van der Waals surface area contributed by atoms with Gasteiger partial charge < -0.3 is 9.30 Å². The molecule has 0 radical (unpaired) electrons. The van der Waals surface area contributed by atoms with Gasteiger partial charge in [-0.05, 0) is 23.5 Å². The smallest absolute Gasteiger partial charge is 0.118 e. The molecule has 0 amide bonds. The first kappa shape index (κ1) is 15.0. The normalized spacial score (nSPS) is 15.6. The molecule has 0 aliphatic carbocycles. The van der Waals surface area contributed by atoms with E-state index in [-0.39, 0.29) is 5.16 Å². The fourth-order valence-corrected chi connectivity index (χ4v) is 3.74. The molecule has 0 saturated heterocycles. The molecule has 1 atom stereocenters. The molecular weight excluding hydrogens is 243 g/mol. The Labute approximate surface area is 110 Å². The molecule has 1 aromatic rings. The quantitative estimate of drug-likeness (QED) is 0.728. The highest BCUT2D eigenvalue weighted by Gasteiger charge is 2.31. The molecule has 1 aromatic carbocycles. The Morgan fingerprint density at radius 1 is 1.22 bits per heavy atom. The Morgan fingerprint density at radius 2 is 1.78 bits per heavy atom. The molecule has 2 nitrogen and oxygen atoms in total. The number of hydrogen-bond donors (Lipinski definition) is 0. The van der Waals surface area contributed by atoms with Gasteiger partial charge in [0, 0.05) is 11.3 Å². The standard InChI is InChI=1S/C15H23O2P/c1-6-18(16,15(2,3)4)12-11-13-7-9-14(17-5)10-8-13/h7-12H,6H2,1-5H3/b12-11+/t18-/m1/s1. The summed E-state index contributed by atoms with van der Waals surface area (Å²) in [5.74, 6) is 2.73. The van der Waals surface area contributed by atoms with Crippen molar-refractivity contribution in [3.8, 4) is 5.75 Å². The van der Waals surface area contributed by atoms with Gasteiger partial charge in [0.25, 0.3) is 0 Å². The van der Waals surface area contributed by atoms with Crippen molar-refractivity contribution >= 4 is 13.2 Å². The highest BCUT2D eigenvalue weighted by Crippen LogP contribution is 2.58. The van der Waals surface area contributed by atoms with Gasteiger partial charge in [-0.25, -0.2) is 0 Å². The monoisotopic (exact) mass is 266 g/mol. The highest BCUT2D eigenvalue weighted by atomic mass is 31.2. The Morgan fingerprint density at radius 3 is 2.17 bits per heavy atom. The zero-order valence-electron chi connectivity index (χ0n) is 11.9. The molecule has 0 N–H and O–H groups in total. The molecule has 18 heavy (non-hydrogen) atoms. The van der Waals surface area contributed by atoms with E-state index in [1.165, 1.54) is 0 Å². The first-order chi connectivity index (χ1) is 8.32. The van der Waals surface area contributed by atoms with Gasteiger partial charge in [-0.15, -0.1) is 0 Å². The summed E-state index contributed by atoms with van der Waals surface area (Å²) in [6.07, 6.45) is 2.65. The van der Waals surface area contributed by atoms with Crippen molar-refractivity contribution in [2.45, 2.75) is 32.9 Å². The van der Waals surface area contributed by atoms with E-state index in [1.807, 2.05) is 63.9 Å². The van der Waals surface area contributed by atoms with Crippen molar-refractivity contribution < 1.29 is 9.30 Å². The van der Waals surface area contributed by atoms with Crippen LogP contribution in [0.25, 0.3) is 6.08 Å². The third-order valence-electron chi connectivity index (χ3n) is 3.23.